The van der Waals surface area contributed by atoms with E-state index in [2.05, 4.69) is 33.0 Å². The number of nitrogens with one attached hydrogen (secondary N) is 1. The first-order chi connectivity index (χ1) is 14.1. The molecule has 4 saturated carbocycles. The quantitative estimate of drug-likeness (QED) is 0.544. The van der Waals surface area contributed by atoms with Crippen LogP contribution in [0.15, 0.2) is 0 Å². The molecule has 0 aromatic rings. The van der Waals surface area contributed by atoms with E-state index in [9.17, 15) is 20.1 Å². The summed E-state index contributed by atoms with van der Waals surface area (Å²) in [5, 5.41) is 34.8. The highest BCUT2D eigenvalue weighted by Gasteiger charge is 2.64. The summed E-state index contributed by atoms with van der Waals surface area (Å²) in [5.41, 5.74) is -0.127. The van der Waals surface area contributed by atoms with Gasteiger partial charge in [0.05, 0.1) is 18.1 Å². The molecule has 5 heteroatoms. The maximum Gasteiger partial charge on any atom is 0.307 e. The van der Waals surface area contributed by atoms with E-state index in [1.54, 1.807) is 0 Å². The lowest BCUT2D eigenvalue weighted by atomic mass is 9.43. The summed E-state index contributed by atoms with van der Waals surface area (Å²) in [5.74, 6) is 1.68. The van der Waals surface area contributed by atoms with Crippen molar-refractivity contribution in [2.45, 2.75) is 97.3 Å². The first-order valence-corrected chi connectivity index (χ1v) is 12.4. The van der Waals surface area contributed by atoms with Gasteiger partial charge in [-0.2, -0.15) is 0 Å². The van der Waals surface area contributed by atoms with Gasteiger partial charge >= 0.3 is 5.97 Å². The summed E-state index contributed by atoms with van der Waals surface area (Å²) in [6.07, 6.45) is 6.28. The van der Waals surface area contributed by atoms with Crippen molar-refractivity contribution in [1.29, 1.82) is 0 Å². The average molecular weight is 422 g/mol. The van der Waals surface area contributed by atoms with Crippen LogP contribution in [0.4, 0.5) is 0 Å². The molecule has 1 unspecified atom stereocenters. The Hall–Kier alpha value is -0.650. The molecule has 4 fully saturated rings. The highest BCUT2D eigenvalue weighted by Crippen LogP contribution is 2.67. The van der Waals surface area contributed by atoms with Gasteiger partial charge in [0.1, 0.15) is 0 Å². The largest absolute Gasteiger partial charge is 0.481 e. The van der Waals surface area contributed by atoms with Crippen molar-refractivity contribution in [3.63, 3.8) is 0 Å². The number of carboxylic acids is 1. The molecule has 0 aliphatic heterocycles. The summed E-state index contributed by atoms with van der Waals surface area (Å²) in [7, 11) is 0. The molecular weight excluding hydrogens is 378 g/mol. The summed E-state index contributed by atoms with van der Waals surface area (Å²) < 4.78 is 0. The second-order valence-corrected chi connectivity index (χ2v) is 12.1. The van der Waals surface area contributed by atoms with Gasteiger partial charge in [-0.05, 0) is 98.3 Å². The fourth-order valence-electron chi connectivity index (χ4n) is 8.62. The van der Waals surface area contributed by atoms with Crippen molar-refractivity contribution in [2.75, 3.05) is 6.54 Å². The molecule has 4 aliphatic rings. The fraction of sp³-hybridized carbons (Fsp3) is 0.960. The Morgan fingerprint density at radius 2 is 1.77 bits per heavy atom. The Morgan fingerprint density at radius 1 is 1.03 bits per heavy atom. The van der Waals surface area contributed by atoms with Crippen LogP contribution in [0.2, 0.25) is 0 Å². The van der Waals surface area contributed by atoms with Crippen molar-refractivity contribution in [2.24, 2.45) is 46.3 Å². The molecule has 0 aromatic carbocycles. The Balaban J connectivity index is 1.67. The first-order valence-electron chi connectivity index (χ1n) is 12.4. The van der Waals surface area contributed by atoms with Crippen LogP contribution in [0.5, 0.6) is 0 Å². The normalized spacial score (nSPS) is 50.6. The number of carbonyl (C=O) groups is 1. The number of carboxylic acid groups (broad SMARTS) is 1. The van der Waals surface area contributed by atoms with Crippen LogP contribution in [0.1, 0.15) is 79.1 Å². The number of hydrogen-bond acceptors (Lipinski definition) is 4. The van der Waals surface area contributed by atoms with Crippen molar-refractivity contribution in [3.8, 4) is 0 Å². The minimum absolute atomic E-state index is 0.0136. The molecule has 172 valence electrons. The molecule has 0 radical (unpaired) electrons. The second kappa shape index (κ2) is 8.04. The number of aliphatic hydroxyl groups is 2. The number of rotatable bonds is 5. The summed E-state index contributed by atoms with van der Waals surface area (Å²) in [6.45, 7) is 10.1. The van der Waals surface area contributed by atoms with Crippen LogP contribution in [0.3, 0.4) is 0 Å². The minimum Gasteiger partial charge on any atom is -0.481 e. The monoisotopic (exact) mass is 421 g/mol. The Kier molecular flexibility index (Phi) is 6.04. The van der Waals surface area contributed by atoms with Gasteiger partial charge < -0.3 is 20.6 Å². The molecule has 0 spiro atoms. The molecule has 10 atom stereocenters. The van der Waals surface area contributed by atoms with Crippen molar-refractivity contribution in [1.82, 2.24) is 5.32 Å². The number of aliphatic carboxylic acids is 1. The molecule has 5 nitrogen and oxygen atoms in total. The number of aliphatic hydroxyl groups excluding tert-OH is 2. The van der Waals surface area contributed by atoms with E-state index in [0.717, 1.165) is 45.1 Å². The molecule has 0 amide bonds. The predicted octanol–water partition coefficient (Wildman–Crippen LogP) is 3.68. The van der Waals surface area contributed by atoms with E-state index >= 15 is 0 Å². The lowest BCUT2D eigenvalue weighted by Gasteiger charge is -2.63. The zero-order valence-electron chi connectivity index (χ0n) is 19.3. The van der Waals surface area contributed by atoms with Crippen molar-refractivity contribution < 1.29 is 20.1 Å². The number of hydrogen-bond donors (Lipinski definition) is 4. The van der Waals surface area contributed by atoms with Crippen LogP contribution < -0.4 is 5.32 Å². The highest BCUT2D eigenvalue weighted by atomic mass is 16.4. The Morgan fingerprint density at radius 3 is 2.43 bits per heavy atom. The van der Waals surface area contributed by atoms with Gasteiger partial charge in [0.25, 0.3) is 0 Å². The lowest BCUT2D eigenvalue weighted by Crippen LogP contribution is -2.64. The molecule has 0 aromatic heterocycles. The number of fused-ring (bicyclic) bond motifs is 5. The van der Waals surface area contributed by atoms with Crippen LogP contribution >= 0.6 is 0 Å². The van der Waals surface area contributed by atoms with Gasteiger partial charge in [-0.25, -0.2) is 0 Å². The lowest BCUT2D eigenvalue weighted by molar-refractivity contribution is -0.174. The van der Waals surface area contributed by atoms with Gasteiger partial charge in [0.15, 0.2) is 0 Å². The van der Waals surface area contributed by atoms with E-state index < -0.39 is 18.2 Å². The molecule has 0 heterocycles. The van der Waals surface area contributed by atoms with Gasteiger partial charge in [-0.15, -0.1) is 0 Å². The molecule has 30 heavy (non-hydrogen) atoms. The smallest absolute Gasteiger partial charge is 0.307 e. The van der Waals surface area contributed by atoms with Gasteiger partial charge in [-0.3, -0.25) is 4.79 Å². The maximum absolute atomic E-state index is 12.1. The van der Waals surface area contributed by atoms with Crippen LogP contribution in [0.25, 0.3) is 0 Å². The Labute approximate surface area is 182 Å². The summed E-state index contributed by atoms with van der Waals surface area (Å²) in [6, 6.07) is 0.296. The highest BCUT2D eigenvalue weighted by molar-refractivity contribution is 5.71. The SMILES string of the molecule is CC(C)CCN[C@@H]1C[C@]2(C)[C@@H](C(=O)O)CC[C@H]2[C@@H]2CCC3C[C@H](O)[C@@H](O)C[C@]3(C)[C@H]21. The van der Waals surface area contributed by atoms with Crippen molar-refractivity contribution >= 4 is 5.97 Å². The standard InChI is InChI=1S/C25H43NO4/c1-14(2)9-10-26-19-12-25(4)17(7-8-18(25)23(29)30)16-6-5-15-11-20(27)21(28)13-24(15,3)22(16)19/h14-22,26-28H,5-13H2,1-4H3,(H,29,30)/t15?,16-,17-,18+,19+,20-,21-,22+,24-,25-/m0/s1. The molecule has 4 aliphatic carbocycles. The third kappa shape index (κ3) is 3.53. The van der Waals surface area contributed by atoms with Gasteiger partial charge in [-0.1, -0.05) is 27.7 Å². The topological polar surface area (TPSA) is 89.8 Å². The van der Waals surface area contributed by atoms with Crippen LogP contribution in [0, 0.1) is 46.3 Å². The zero-order chi connectivity index (χ0) is 21.8. The Bertz CT molecular complexity index is 653. The fourth-order valence-corrected chi connectivity index (χ4v) is 8.62. The molecule has 0 bridgehead atoms. The van der Waals surface area contributed by atoms with Crippen LogP contribution in [-0.4, -0.2) is 46.1 Å². The predicted molar refractivity (Wildman–Crippen MR) is 117 cm³/mol. The van der Waals surface area contributed by atoms with E-state index in [1.807, 2.05) is 0 Å². The van der Waals surface area contributed by atoms with Crippen molar-refractivity contribution in [3.05, 3.63) is 0 Å². The third-order valence-corrected chi connectivity index (χ3v) is 10.1. The average Bonchev–Trinajstić information content (AvgIpc) is 2.99. The van der Waals surface area contributed by atoms with Gasteiger partial charge in [0.2, 0.25) is 0 Å². The summed E-state index contributed by atoms with van der Waals surface area (Å²) >= 11 is 0. The summed E-state index contributed by atoms with van der Waals surface area (Å²) in [4.78, 5) is 12.1. The first kappa shape index (κ1) is 22.5. The van der Waals surface area contributed by atoms with E-state index in [4.69, 9.17) is 0 Å². The minimum atomic E-state index is -0.634. The van der Waals surface area contributed by atoms with E-state index in [-0.39, 0.29) is 16.7 Å². The zero-order valence-corrected chi connectivity index (χ0v) is 19.3. The van der Waals surface area contributed by atoms with Crippen LogP contribution in [-0.2, 0) is 4.79 Å². The van der Waals surface area contributed by atoms with E-state index in [1.165, 1.54) is 0 Å². The third-order valence-electron chi connectivity index (χ3n) is 10.1. The molecule has 4 N–H and O–H groups in total. The molecule has 0 saturated heterocycles. The van der Waals surface area contributed by atoms with E-state index in [0.29, 0.717) is 48.5 Å². The second-order valence-electron chi connectivity index (χ2n) is 12.1. The molecular formula is C25H43NO4. The maximum atomic E-state index is 12.1. The van der Waals surface area contributed by atoms with Gasteiger partial charge in [0, 0.05) is 6.04 Å². The molecule has 4 rings (SSSR count).